The number of amides is 1. The average molecular weight is 490 g/mol. The molecule has 0 unspecified atom stereocenters. The zero-order chi connectivity index (χ0) is 24.6. The first kappa shape index (κ1) is 22.3. The molecule has 2 aromatic carbocycles. The lowest BCUT2D eigenvalue weighted by Crippen LogP contribution is -2.45. The number of ether oxygens (including phenoxy) is 4. The van der Waals surface area contributed by atoms with E-state index < -0.39 is 17.9 Å². The molecule has 11 heteroatoms. The fourth-order valence-corrected chi connectivity index (χ4v) is 4.67. The fourth-order valence-electron chi connectivity index (χ4n) is 4.67. The molecule has 0 radical (unpaired) electrons. The standard InChI is InChI=1S/C25H22N4O7/c30-23(14-3-1-2-4-15(14)24(31)32)27-17-10-33-22-18(11-34-21(17)22)29-25-26-8-7-16(28-25)13-5-6-19-20(9-13)36-12-35-19/h1-9,17-18,21-22H,10-12H2,(H,27,30)(H,31,32)(H,26,28,29)/t17-,18-,21+,22+/m0/s1. The van der Waals surface area contributed by atoms with Crippen molar-refractivity contribution in [2.24, 2.45) is 0 Å². The molecule has 0 spiro atoms. The summed E-state index contributed by atoms with van der Waals surface area (Å²) >= 11 is 0. The smallest absolute Gasteiger partial charge is 0.336 e. The molecule has 184 valence electrons. The summed E-state index contributed by atoms with van der Waals surface area (Å²) in [6.07, 6.45) is 0.948. The van der Waals surface area contributed by atoms with Crippen LogP contribution in [-0.4, -0.2) is 71.2 Å². The summed E-state index contributed by atoms with van der Waals surface area (Å²) in [5.74, 6) is 0.149. The topological polar surface area (TPSA) is 141 Å². The Hall–Kier alpha value is -4.22. The minimum Gasteiger partial charge on any atom is -0.478 e. The molecule has 3 aliphatic heterocycles. The van der Waals surface area contributed by atoms with Gasteiger partial charge in [0.25, 0.3) is 5.91 Å². The largest absolute Gasteiger partial charge is 0.478 e. The predicted molar refractivity (Wildman–Crippen MR) is 125 cm³/mol. The summed E-state index contributed by atoms with van der Waals surface area (Å²) in [7, 11) is 0. The zero-order valence-corrected chi connectivity index (χ0v) is 18.9. The summed E-state index contributed by atoms with van der Waals surface area (Å²) in [4.78, 5) is 33.2. The average Bonchev–Trinajstić information content (AvgIpc) is 3.62. The van der Waals surface area contributed by atoms with Gasteiger partial charge in [0.1, 0.15) is 12.2 Å². The van der Waals surface area contributed by atoms with Crippen LogP contribution in [0.1, 0.15) is 20.7 Å². The third-order valence-corrected chi connectivity index (χ3v) is 6.41. The second kappa shape index (κ2) is 9.10. The first-order valence-corrected chi connectivity index (χ1v) is 11.4. The Morgan fingerprint density at radius 2 is 1.67 bits per heavy atom. The highest BCUT2D eigenvalue weighted by molar-refractivity contribution is 6.04. The van der Waals surface area contributed by atoms with Gasteiger partial charge in [0.05, 0.1) is 42.1 Å². The molecule has 3 N–H and O–H groups in total. The van der Waals surface area contributed by atoms with Crippen LogP contribution < -0.4 is 20.1 Å². The quantitative estimate of drug-likeness (QED) is 0.469. The lowest BCUT2D eigenvalue weighted by molar-refractivity contribution is 0.0646. The van der Waals surface area contributed by atoms with E-state index >= 15 is 0 Å². The van der Waals surface area contributed by atoms with Crippen molar-refractivity contribution in [1.29, 1.82) is 0 Å². The van der Waals surface area contributed by atoms with Crippen molar-refractivity contribution in [1.82, 2.24) is 15.3 Å². The molecule has 3 aromatic rings. The molecule has 2 fully saturated rings. The highest BCUT2D eigenvalue weighted by Gasteiger charge is 2.48. The van der Waals surface area contributed by atoms with Crippen LogP contribution in [0.4, 0.5) is 5.95 Å². The maximum atomic E-state index is 12.8. The van der Waals surface area contributed by atoms with Crippen LogP contribution >= 0.6 is 0 Å². The van der Waals surface area contributed by atoms with Crippen molar-refractivity contribution in [2.45, 2.75) is 24.3 Å². The number of carboxylic acids is 1. The Morgan fingerprint density at radius 3 is 2.50 bits per heavy atom. The maximum Gasteiger partial charge on any atom is 0.336 e. The third-order valence-electron chi connectivity index (χ3n) is 6.41. The van der Waals surface area contributed by atoms with E-state index in [9.17, 15) is 14.7 Å². The molecule has 4 heterocycles. The Balaban J connectivity index is 1.12. The van der Waals surface area contributed by atoms with E-state index in [0.717, 1.165) is 11.3 Å². The summed E-state index contributed by atoms with van der Waals surface area (Å²) in [6.45, 7) is 0.782. The number of benzene rings is 2. The van der Waals surface area contributed by atoms with Gasteiger partial charge in [-0.2, -0.15) is 0 Å². The molecule has 0 aliphatic carbocycles. The van der Waals surface area contributed by atoms with Gasteiger partial charge in [0.2, 0.25) is 12.7 Å². The summed E-state index contributed by atoms with van der Waals surface area (Å²) < 4.78 is 22.7. The number of fused-ring (bicyclic) bond motifs is 2. The van der Waals surface area contributed by atoms with Crippen molar-refractivity contribution in [3.8, 4) is 22.8 Å². The first-order valence-electron chi connectivity index (χ1n) is 11.4. The molecular formula is C25H22N4O7. The highest BCUT2D eigenvalue weighted by atomic mass is 16.7. The number of carboxylic acid groups (broad SMARTS) is 1. The van der Waals surface area contributed by atoms with E-state index in [2.05, 4.69) is 20.6 Å². The van der Waals surface area contributed by atoms with E-state index in [0.29, 0.717) is 24.1 Å². The van der Waals surface area contributed by atoms with E-state index in [1.54, 1.807) is 18.3 Å². The molecule has 1 aromatic heterocycles. The van der Waals surface area contributed by atoms with E-state index in [4.69, 9.17) is 18.9 Å². The third kappa shape index (κ3) is 4.08. The highest BCUT2D eigenvalue weighted by Crippen LogP contribution is 2.35. The maximum absolute atomic E-state index is 12.8. The molecule has 36 heavy (non-hydrogen) atoms. The van der Waals surface area contributed by atoms with Crippen molar-refractivity contribution >= 4 is 17.8 Å². The van der Waals surface area contributed by atoms with E-state index in [-0.39, 0.29) is 42.8 Å². The molecular weight excluding hydrogens is 468 g/mol. The van der Waals surface area contributed by atoms with Gasteiger partial charge in [-0.15, -0.1) is 0 Å². The lowest BCUT2D eigenvalue weighted by Gasteiger charge is -2.19. The number of anilines is 1. The Kier molecular flexibility index (Phi) is 5.62. The minimum absolute atomic E-state index is 0.0585. The second-order valence-corrected chi connectivity index (χ2v) is 8.61. The molecule has 1 amide bonds. The fraction of sp³-hybridized carbons (Fsp3) is 0.280. The van der Waals surface area contributed by atoms with Gasteiger partial charge in [-0.1, -0.05) is 12.1 Å². The Morgan fingerprint density at radius 1 is 0.917 bits per heavy atom. The molecule has 0 bridgehead atoms. The number of hydrogen-bond donors (Lipinski definition) is 3. The van der Waals surface area contributed by atoms with Crippen molar-refractivity contribution in [3.05, 3.63) is 65.9 Å². The van der Waals surface area contributed by atoms with Gasteiger partial charge in [-0.25, -0.2) is 14.8 Å². The lowest BCUT2D eigenvalue weighted by atomic mass is 10.0. The predicted octanol–water partition coefficient (Wildman–Crippen LogP) is 1.95. The van der Waals surface area contributed by atoms with Crippen LogP contribution in [0.2, 0.25) is 0 Å². The summed E-state index contributed by atoms with van der Waals surface area (Å²) in [5, 5.41) is 15.5. The van der Waals surface area contributed by atoms with Gasteiger partial charge in [0, 0.05) is 11.8 Å². The van der Waals surface area contributed by atoms with Crippen LogP contribution in [0.3, 0.4) is 0 Å². The molecule has 4 atom stereocenters. The van der Waals surface area contributed by atoms with Crippen LogP contribution in [-0.2, 0) is 9.47 Å². The van der Waals surface area contributed by atoms with Crippen molar-refractivity contribution in [2.75, 3.05) is 25.3 Å². The van der Waals surface area contributed by atoms with E-state index in [1.807, 2.05) is 24.3 Å². The number of carbonyl (C=O) groups is 2. The number of aromatic carboxylic acids is 1. The second-order valence-electron chi connectivity index (χ2n) is 8.61. The number of nitrogens with one attached hydrogen (secondary N) is 2. The molecule has 3 aliphatic rings. The van der Waals surface area contributed by atoms with Crippen LogP contribution in [0, 0.1) is 0 Å². The number of hydrogen-bond acceptors (Lipinski definition) is 9. The van der Waals surface area contributed by atoms with Crippen molar-refractivity contribution in [3.63, 3.8) is 0 Å². The Bertz CT molecular complexity index is 1330. The minimum atomic E-state index is -1.16. The number of aromatic nitrogens is 2. The van der Waals surface area contributed by atoms with Crippen LogP contribution in [0.15, 0.2) is 54.7 Å². The van der Waals surface area contributed by atoms with Gasteiger partial charge in [-0.05, 0) is 36.4 Å². The monoisotopic (exact) mass is 490 g/mol. The molecule has 2 saturated heterocycles. The van der Waals surface area contributed by atoms with E-state index in [1.165, 1.54) is 12.1 Å². The SMILES string of the molecule is O=C(O)c1ccccc1C(=O)N[C@H]1CO[C@H]2[C@@H]1OC[C@@H]2Nc1nccc(-c2ccc3c(c2)OCO3)n1. The first-order chi connectivity index (χ1) is 17.6. The molecule has 6 rings (SSSR count). The molecule has 0 saturated carbocycles. The van der Waals surface area contributed by atoms with Crippen LogP contribution in [0.5, 0.6) is 11.5 Å². The van der Waals surface area contributed by atoms with Gasteiger partial charge in [0.15, 0.2) is 11.5 Å². The van der Waals surface area contributed by atoms with Gasteiger partial charge in [-0.3, -0.25) is 4.79 Å². The number of nitrogens with zero attached hydrogens (tertiary/aromatic N) is 2. The van der Waals surface area contributed by atoms with Gasteiger partial charge < -0.3 is 34.7 Å². The zero-order valence-electron chi connectivity index (χ0n) is 18.9. The van der Waals surface area contributed by atoms with Crippen LogP contribution in [0.25, 0.3) is 11.3 Å². The molecule has 11 nitrogen and oxygen atoms in total. The Labute approximate surface area is 205 Å². The summed E-state index contributed by atoms with van der Waals surface area (Å²) in [6, 6.07) is 12.9. The van der Waals surface area contributed by atoms with Gasteiger partial charge >= 0.3 is 5.97 Å². The number of rotatable bonds is 6. The summed E-state index contributed by atoms with van der Waals surface area (Å²) in [5.41, 5.74) is 1.62. The van der Waals surface area contributed by atoms with Crippen molar-refractivity contribution < 1.29 is 33.6 Å². The number of carbonyl (C=O) groups excluding carboxylic acids is 1. The normalized spacial score (nSPS) is 23.8.